The average Bonchev–Trinajstić information content (AvgIpc) is 2.44. The van der Waals surface area contributed by atoms with E-state index in [9.17, 15) is 0 Å². The molecule has 6 heteroatoms. The van der Waals surface area contributed by atoms with E-state index in [1.165, 1.54) is 32.1 Å². The zero-order valence-electron chi connectivity index (χ0n) is 11.2. The van der Waals surface area contributed by atoms with E-state index in [4.69, 9.17) is 39.2 Å². The van der Waals surface area contributed by atoms with Crippen LogP contribution in [0, 0.1) is 0 Å². The number of hydrogen-bond acceptors (Lipinski definition) is 1. The van der Waals surface area contributed by atoms with E-state index in [0.717, 1.165) is 5.56 Å². The molecule has 1 aromatic rings. The predicted molar refractivity (Wildman–Crippen MR) is 87.1 cm³/mol. The maximum atomic E-state index is 5.99. The minimum Gasteiger partial charge on any atom is -0.310 e. The average molecular weight is 238 g/mol. The molecule has 1 fully saturated rings. The molecular weight excluding hydrogens is 224 g/mol. The molecule has 0 bridgehead atoms. The van der Waals surface area contributed by atoms with E-state index >= 15 is 0 Å². The lowest BCUT2D eigenvalue weighted by atomic mass is 9.60. The molecule has 10 radical (unpaired) electrons. The van der Waals surface area contributed by atoms with Gasteiger partial charge in [-0.15, -0.1) is 27.3 Å². The summed E-state index contributed by atoms with van der Waals surface area (Å²) in [6.07, 6.45) is 6.26. The lowest BCUT2D eigenvalue weighted by Gasteiger charge is -2.26. The number of benzene rings is 1. The Morgan fingerprint density at radius 2 is 1.21 bits per heavy atom. The summed E-state index contributed by atoms with van der Waals surface area (Å²) in [6, 6.07) is 0.521. The fourth-order valence-electron chi connectivity index (χ4n) is 2.65. The summed E-state index contributed by atoms with van der Waals surface area (Å²) < 4.78 is 0. The molecule has 1 N–H and O–H groups in total. The highest BCUT2D eigenvalue weighted by atomic mass is 14.9. The van der Waals surface area contributed by atoms with Gasteiger partial charge in [-0.1, -0.05) is 19.3 Å². The highest BCUT2D eigenvalue weighted by molar-refractivity contribution is 6.67. The first-order valence-electron chi connectivity index (χ1n) is 6.76. The molecule has 0 aliphatic heterocycles. The van der Waals surface area contributed by atoms with Crippen LogP contribution in [-0.4, -0.2) is 45.3 Å². The summed E-state index contributed by atoms with van der Waals surface area (Å²) in [6.45, 7) is 0.580. The molecule has 19 heavy (non-hydrogen) atoms. The molecule has 1 aliphatic carbocycles. The van der Waals surface area contributed by atoms with Crippen molar-refractivity contribution in [3.8, 4) is 0 Å². The normalized spacial score (nSPS) is 16.6. The summed E-state index contributed by atoms with van der Waals surface area (Å²) in [5.41, 5.74) is 2.56. The van der Waals surface area contributed by atoms with Crippen LogP contribution in [0.5, 0.6) is 0 Å². The highest BCUT2D eigenvalue weighted by Crippen LogP contribution is 2.17. The summed E-state index contributed by atoms with van der Waals surface area (Å²) >= 11 is 0. The zero-order valence-corrected chi connectivity index (χ0v) is 11.2. The smallest absolute Gasteiger partial charge is 0.113 e. The van der Waals surface area contributed by atoms with E-state index in [0.29, 0.717) is 34.4 Å². The minimum absolute atomic E-state index is 0.274. The Hall–Kier alpha value is -0.495. The van der Waals surface area contributed by atoms with Crippen LogP contribution in [0.4, 0.5) is 0 Å². The van der Waals surface area contributed by atoms with Crippen molar-refractivity contribution in [2.75, 3.05) is 0 Å². The molecule has 0 heterocycles. The van der Waals surface area contributed by atoms with Crippen LogP contribution in [0.15, 0.2) is 0 Å². The summed E-state index contributed by atoms with van der Waals surface area (Å²) in [7, 11) is 29.4. The van der Waals surface area contributed by atoms with Gasteiger partial charge in [-0.05, 0) is 18.4 Å². The SMILES string of the molecule is [B]c1c([B])c([B])c(CNC2CCCCC2)c([B])c1[B]. The second-order valence-corrected chi connectivity index (χ2v) is 5.26. The zero-order chi connectivity index (χ0) is 14.0. The largest absolute Gasteiger partial charge is 0.310 e. The molecule has 0 aromatic heterocycles. The lowest BCUT2D eigenvalue weighted by Crippen LogP contribution is -2.57. The van der Waals surface area contributed by atoms with E-state index in [1.54, 1.807) is 0 Å². The quantitative estimate of drug-likeness (QED) is 0.556. The van der Waals surface area contributed by atoms with Crippen LogP contribution in [0.3, 0.4) is 0 Å². The van der Waals surface area contributed by atoms with Crippen LogP contribution < -0.4 is 32.6 Å². The highest BCUT2D eigenvalue weighted by Gasteiger charge is 2.15. The second kappa shape index (κ2) is 6.30. The van der Waals surface area contributed by atoms with Crippen molar-refractivity contribution in [3.63, 3.8) is 0 Å². The van der Waals surface area contributed by atoms with E-state index in [-0.39, 0.29) is 5.46 Å². The van der Waals surface area contributed by atoms with Crippen LogP contribution in [0.1, 0.15) is 37.7 Å². The monoisotopic (exact) mass is 239 g/mol. The fourth-order valence-corrected chi connectivity index (χ4v) is 2.65. The van der Waals surface area contributed by atoms with Crippen molar-refractivity contribution in [2.24, 2.45) is 0 Å². The third-order valence-corrected chi connectivity index (χ3v) is 3.98. The van der Waals surface area contributed by atoms with E-state index in [2.05, 4.69) is 5.32 Å². The minimum atomic E-state index is 0.274. The van der Waals surface area contributed by atoms with Gasteiger partial charge in [-0.3, -0.25) is 0 Å². The summed E-state index contributed by atoms with van der Waals surface area (Å²) in [4.78, 5) is 0. The van der Waals surface area contributed by atoms with Crippen molar-refractivity contribution in [2.45, 2.75) is 44.7 Å². The Bertz CT molecular complexity index is 440. The number of hydrogen-bond donors (Lipinski definition) is 1. The molecule has 0 unspecified atom stereocenters. The third kappa shape index (κ3) is 3.16. The van der Waals surface area contributed by atoms with Gasteiger partial charge in [0.25, 0.3) is 0 Å². The Balaban J connectivity index is 2.15. The Kier molecular flexibility index (Phi) is 4.94. The van der Waals surface area contributed by atoms with Crippen LogP contribution in [-0.2, 0) is 6.54 Å². The first-order chi connectivity index (χ1) is 9.02. The maximum absolute atomic E-state index is 5.99. The van der Waals surface area contributed by atoms with Crippen molar-refractivity contribution in [3.05, 3.63) is 5.56 Å². The lowest BCUT2D eigenvalue weighted by molar-refractivity contribution is 0.373. The first-order valence-corrected chi connectivity index (χ1v) is 6.76. The van der Waals surface area contributed by atoms with Gasteiger partial charge in [-0.25, -0.2) is 0 Å². The summed E-state index contributed by atoms with van der Waals surface area (Å²) in [5.74, 6) is 0. The van der Waals surface area contributed by atoms with Crippen molar-refractivity contribution < 1.29 is 0 Å². The number of nitrogens with one attached hydrogen (secondary N) is 1. The fraction of sp³-hybridized carbons (Fsp3) is 0.538. The predicted octanol–water partition coefficient (Wildman–Crippen LogP) is -2.92. The number of rotatable bonds is 3. The van der Waals surface area contributed by atoms with Crippen LogP contribution in [0.25, 0.3) is 0 Å². The Labute approximate surface area is 122 Å². The second-order valence-electron chi connectivity index (χ2n) is 5.26. The van der Waals surface area contributed by atoms with E-state index in [1.807, 2.05) is 0 Å². The molecule has 1 aromatic carbocycles. The molecule has 0 amide bonds. The van der Waals surface area contributed by atoms with Crippen molar-refractivity contribution >= 4 is 66.5 Å². The molecule has 0 saturated heterocycles. The van der Waals surface area contributed by atoms with Gasteiger partial charge in [0.05, 0.1) is 0 Å². The van der Waals surface area contributed by atoms with Crippen molar-refractivity contribution in [1.29, 1.82) is 0 Å². The molecule has 0 spiro atoms. The van der Waals surface area contributed by atoms with Crippen LogP contribution >= 0.6 is 0 Å². The van der Waals surface area contributed by atoms with Gasteiger partial charge < -0.3 is 5.32 Å². The molecule has 1 aliphatic rings. The van der Waals surface area contributed by atoms with Crippen LogP contribution in [0.2, 0.25) is 0 Å². The van der Waals surface area contributed by atoms with Gasteiger partial charge in [0.2, 0.25) is 0 Å². The Morgan fingerprint density at radius 1 is 0.737 bits per heavy atom. The molecule has 86 valence electrons. The molecule has 2 rings (SSSR count). The van der Waals surface area contributed by atoms with Gasteiger partial charge in [0.1, 0.15) is 39.2 Å². The van der Waals surface area contributed by atoms with Gasteiger partial charge in [-0.2, -0.15) is 0 Å². The maximum Gasteiger partial charge on any atom is 0.113 e. The van der Waals surface area contributed by atoms with Gasteiger partial charge in [0, 0.05) is 12.6 Å². The van der Waals surface area contributed by atoms with Gasteiger partial charge in [0.15, 0.2) is 0 Å². The van der Waals surface area contributed by atoms with Gasteiger partial charge >= 0.3 is 0 Å². The van der Waals surface area contributed by atoms with E-state index < -0.39 is 0 Å². The standard InChI is InChI=1S/C13H14B5N/c14-9-8(6-19-7-4-2-1-3-5-7)10(15)12(17)13(18)11(9)16/h7,19H,1-6H2. The topological polar surface area (TPSA) is 12.0 Å². The Morgan fingerprint density at radius 3 is 1.74 bits per heavy atom. The van der Waals surface area contributed by atoms with Crippen molar-refractivity contribution in [1.82, 2.24) is 5.32 Å². The third-order valence-electron chi connectivity index (χ3n) is 3.98. The molecule has 1 saturated carbocycles. The first kappa shape index (κ1) is 14.9. The molecule has 1 nitrogen and oxygen atoms in total. The molecule has 0 atom stereocenters. The summed E-state index contributed by atoms with van der Waals surface area (Å²) in [5, 5.41) is 3.48. The molecular formula is C13H14B5N.